The van der Waals surface area contributed by atoms with Crippen LogP contribution in [0.4, 0.5) is 5.69 Å². The second-order valence-corrected chi connectivity index (χ2v) is 6.76. The van der Waals surface area contributed by atoms with Crippen LogP contribution in [0.1, 0.15) is 31.2 Å². The quantitative estimate of drug-likeness (QED) is 0.629. The second-order valence-electron chi connectivity index (χ2n) is 6.38. The van der Waals surface area contributed by atoms with Gasteiger partial charge in [0.15, 0.2) is 0 Å². The van der Waals surface area contributed by atoms with Gasteiger partial charge in [-0.3, -0.25) is 9.59 Å². The maximum absolute atomic E-state index is 12.9. The fourth-order valence-corrected chi connectivity index (χ4v) is 4.89. The predicted molar refractivity (Wildman–Crippen MR) is 83.0 cm³/mol. The molecule has 0 radical (unpaired) electrons. The predicted octanol–water partition coefficient (Wildman–Crippen LogP) is 2.27. The summed E-state index contributed by atoms with van der Waals surface area (Å²) in [6.07, 6.45) is 1.27. The van der Waals surface area contributed by atoms with E-state index < -0.39 is 23.0 Å². The number of nitrogens with zero attached hydrogens (tertiary/aromatic N) is 2. The lowest BCUT2D eigenvalue weighted by molar-refractivity contribution is -0.154. The molecule has 23 heavy (non-hydrogen) atoms. The SMILES string of the molecule is N#CC[C@]12C(=O)O[C@@]3(CCCl)CCC(=O)N(c4ccccc41)C32. The molecule has 1 amide bonds. The van der Waals surface area contributed by atoms with Crippen molar-refractivity contribution in [1.29, 1.82) is 5.26 Å². The highest BCUT2D eigenvalue weighted by molar-refractivity contribution is 6.18. The number of nitriles is 1. The van der Waals surface area contributed by atoms with Crippen molar-refractivity contribution in [3.8, 4) is 6.07 Å². The summed E-state index contributed by atoms with van der Waals surface area (Å²) in [6.45, 7) is 0. The highest BCUT2D eigenvalue weighted by Gasteiger charge is 2.73. The molecule has 3 heterocycles. The topological polar surface area (TPSA) is 70.4 Å². The number of esters is 1. The van der Waals surface area contributed by atoms with Crippen LogP contribution in [0.2, 0.25) is 0 Å². The standard InChI is InChI=1S/C17H15ClN2O3/c18-9-7-16-6-5-13(21)20-12-4-2-1-3-11(12)17(8-10-19,14(16)20)15(22)23-16/h1-4,14H,5-9H2/t14?,16-,17+/m1/s1. The summed E-state index contributed by atoms with van der Waals surface area (Å²) >= 11 is 5.97. The van der Waals surface area contributed by atoms with Crippen molar-refractivity contribution in [2.45, 2.75) is 42.7 Å². The van der Waals surface area contributed by atoms with E-state index in [1.807, 2.05) is 24.3 Å². The summed E-state index contributed by atoms with van der Waals surface area (Å²) in [7, 11) is 0. The van der Waals surface area contributed by atoms with Crippen LogP contribution in [-0.4, -0.2) is 29.4 Å². The number of anilines is 1. The molecule has 0 aromatic heterocycles. The first-order valence-corrected chi connectivity index (χ1v) is 8.22. The Morgan fingerprint density at radius 2 is 2.17 bits per heavy atom. The number of rotatable bonds is 3. The van der Waals surface area contributed by atoms with Crippen molar-refractivity contribution in [2.75, 3.05) is 10.8 Å². The molecule has 118 valence electrons. The number of carbonyl (C=O) groups is 2. The molecule has 2 fully saturated rings. The number of carbonyl (C=O) groups excluding carboxylic acids is 2. The molecule has 3 aliphatic rings. The minimum absolute atomic E-state index is 0.00132. The van der Waals surface area contributed by atoms with Gasteiger partial charge in [-0.1, -0.05) is 18.2 Å². The molecule has 3 aliphatic heterocycles. The summed E-state index contributed by atoms with van der Waals surface area (Å²) in [5.41, 5.74) is -0.424. The fourth-order valence-electron chi connectivity index (χ4n) is 4.57. The van der Waals surface area contributed by atoms with E-state index in [0.717, 1.165) is 11.3 Å². The first-order chi connectivity index (χ1) is 11.1. The molecule has 0 bridgehead atoms. The van der Waals surface area contributed by atoms with Gasteiger partial charge in [0.1, 0.15) is 11.0 Å². The lowest BCUT2D eigenvalue weighted by Crippen LogP contribution is -2.60. The Kier molecular flexibility index (Phi) is 2.98. The number of amides is 1. The Morgan fingerprint density at radius 1 is 1.39 bits per heavy atom. The number of alkyl halides is 1. The molecule has 6 heteroatoms. The van der Waals surface area contributed by atoms with Crippen LogP contribution in [0.5, 0.6) is 0 Å². The molecule has 0 aliphatic carbocycles. The third-order valence-corrected chi connectivity index (χ3v) is 5.62. The number of fused-ring (bicyclic) bond motifs is 3. The first-order valence-electron chi connectivity index (χ1n) is 7.69. The lowest BCUT2D eigenvalue weighted by Gasteiger charge is -2.43. The Bertz CT molecular complexity index is 758. The summed E-state index contributed by atoms with van der Waals surface area (Å²) < 4.78 is 5.82. The zero-order valence-corrected chi connectivity index (χ0v) is 13.2. The third-order valence-electron chi connectivity index (χ3n) is 5.43. The van der Waals surface area contributed by atoms with Gasteiger partial charge in [0.05, 0.1) is 18.5 Å². The number of halogens is 1. The summed E-state index contributed by atoms with van der Waals surface area (Å²) in [4.78, 5) is 27.2. The van der Waals surface area contributed by atoms with Gasteiger partial charge in [0, 0.05) is 24.4 Å². The van der Waals surface area contributed by atoms with E-state index in [9.17, 15) is 14.9 Å². The normalized spacial score (nSPS) is 33.9. The van der Waals surface area contributed by atoms with E-state index in [-0.39, 0.29) is 12.3 Å². The van der Waals surface area contributed by atoms with Crippen LogP contribution in [0, 0.1) is 11.3 Å². The largest absolute Gasteiger partial charge is 0.456 e. The van der Waals surface area contributed by atoms with Gasteiger partial charge >= 0.3 is 5.97 Å². The van der Waals surface area contributed by atoms with Crippen LogP contribution in [0.3, 0.4) is 0 Å². The number of benzene rings is 1. The Hall–Kier alpha value is -2.06. The average molecular weight is 331 g/mol. The van der Waals surface area contributed by atoms with E-state index in [0.29, 0.717) is 25.1 Å². The molecule has 0 N–H and O–H groups in total. The highest BCUT2D eigenvalue weighted by atomic mass is 35.5. The average Bonchev–Trinajstić information content (AvgIpc) is 2.97. The molecule has 0 saturated carbocycles. The zero-order valence-electron chi connectivity index (χ0n) is 12.4. The van der Waals surface area contributed by atoms with Crippen molar-refractivity contribution in [3.63, 3.8) is 0 Å². The van der Waals surface area contributed by atoms with Gasteiger partial charge in [-0.05, 0) is 18.1 Å². The Morgan fingerprint density at radius 3 is 2.91 bits per heavy atom. The minimum Gasteiger partial charge on any atom is -0.456 e. The Labute approximate surface area is 138 Å². The monoisotopic (exact) mass is 330 g/mol. The number of piperidine rings is 1. The minimum atomic E-state index is -1.09. The van der Waals surface area contributed by atoms with Crippen molar-refractivity contribution in [2.24, 2.45) is 0 Å². The van der Waals surface area contributed by atoms with E-state index in [4.69, 9.17) is 16.3 Å². The zero-order chi connectivity index (χ0) is 16.2. The number of para-hydroxylation sites is 1. The maximum Gasteiger partial charge on any atom is 0.320 e. The summed E-state index contributed by atoms with van der Waals surface area (Å²) in [5.74, 6) is -0.0882. The number of hydrogen-bond acceptors (Lipinski definition) is 4. The molecule has 3 atom stereocenters. The lowest BCUT2D eigenvalue weighted by atomic mass is 9.68. The van der Waals surface area contributed by atoms with Crippen LogP contribution >= 0.6 is 11.6 Å². The first kappa shape index (κ1) is 14.5. The molecule has 2 saturated heterocycles. The van der Waals surface area contributed by atoms with Crippen LogP contribution < -0.4 is 4.90 Å². The molecule has 1 unspecified atom stereocenters. The maximum atomic E-state index is 12.9. The summed E-state index contributed by atoms with van der Waals surface area (Å²) in [5, 5.41) is 9.37. The molecular formula is C17H15ClN2O3. The van der Waals surface area contributed by atoms with E-state index in [1.54, 1.807) is 4.90 Å². The van der Waals surface area contributed by atoms with Crippen molar-refractivity contribution < 1.29 is 14.3 Å². The molecule has 5 nitrogen and oxygen atoms in total. The highest BCUT2D eigenvalue weighted by Crippen LogP contribution is 2.60. The van der Waals surface area contributed by atoms with Crippen LogP contribution in [0.25, 0.3) is 0 Å². The van der Waals surface area contributed by atoms with Gasteiger partial charge in [-0.25, -0.2) is 0 Å². The summed E-state index contributed by atoms with van der Waals surface area (Å²) in [6, 6.07) is 9.01. The van der Waals surface area contributed by atoms with Crippen LogP contribution in [-0.2, 0) is 19.7 Å². The second kappa shape index (κ2) is 4.72. The fraction of sp³-hybridized carbons (Fsp3) is 0.471. The molecule has 1 aromatic carbocycles. The third kappa shape index (κ3) is 1.57. The molecule has 0 spiro atoms. The van der Waals surface area contributed by atoms with Crippen LogP contribution in [0.15, 0.2) is 24.3 Å². The number of ether oxygens (including phenoxy) is 1. The van der Waals surface area contributed by atoms with E-state index in [2.05, 4.69) is 6.07 Å². The molecule has 1 aromatic rings. The van der Waals surface area contributed by atoms with E-state index >= 15 is 0 Å². The van der Waals surface area contributed by atoms with E-state index in [1.165, 1.54) is 0 Å². The van der Waals surface area contributed by atoms with Gasteiger partial charge < -0.3 is 9.64 Å². The number of hydrogen-bond donors (Lipinski definition) is 0. The van der Waals surface area contributed by atoms with Crippen molar-refractivity contribution in [1.82, 2.24) is 0 Å². The van der Waals surface area contributed by atoms with Crippen molar-refractivity contribution >= 4 is 29.2 Å². The van der Waals surface area contributed by atoms with Gasteiger partial charge in [-0.2, -0.15) is 5.26 Å². The van der Waals surface area contributed by atoms with Crippen molar-refractivity contribution in [3.05, 3.63) is 29.8 Å². The molecular weight excluding hydrogens is 316 g/mol. The smallest absolute Gasteiger partial charge is 0.320 e. The van der Waals surface area contributed by atoms with Gasteiger partial charge in [0.2, 0.25) is 5.91 Å². The molecule has 4 rings (SSSR count). The van der Waals surface area contributed by atoms with Gasteiger partial charge in [0.25, 0.3) is 0 Å². The van der Waals surface area contributed by atoms with Gasteiger partial charge in [-0.15, -0.1) is 11.6 Å². The Balaban J connectivity index is 2.01.